The van der Waals surface area contributed by atoms with Gasteiger partial charge in [-0.3, -0.25) is 0 Å². The third-order valence-electron chi connectivity index (χ3n) is 2.04. The molecule has 4 heteroatoms. The zero-order chi connectivity index (χ0) is 10.1. The number of rotatable bonds is 2. The van der Waals surface area contributed by atoms with Crippen LogP contribution in [0, 0.1) is 0 Å². The van der Waals surface area contributed by atoms with Crippen LogP contribution in [0.4, 0.5) is 5.69 Å². The lowest BCUT2D eigenvalue weighted by Crippen LogP contribution is -2.03. The van der Waals surface area contributed by atoms with Crippen molar-refractivity contribution in [3.63, 3.8) is 0 Å². The molecule has 2 rings (SSSR count). The number of cyclic esters (lactones) is 2. The highest BCUT2D eigenvalue weighted by molar-refractivity contribution is 6.17. The van der Waals surface area contributed by atoms with Crippen LogP contribution in [0.5, 0.6) is 0 Å². The van der Waals surface area contributed by atoms with Crippen molar-refractivity contribution in [3.05, 3.63) is 29.3 Å². The van der Waals surface area contributed by atoms with Crippen molar-refractivity contribution in [2.24, 2.45) is 0 Å². The minimum atomic E-state index is -0.568. The maximum absolute atomic E-state index is 11.3. The van der Waals surface area contributed by atoms with Gasteiger partial charge in [-0.25, -0.2) is 9.59 Å². The molecule has 1 N–H and O–H groups in total. The van der Waals surface area contributed by atoms with Gasteiger partial charge in [-0.1, -0.05) is 6.07 Å². The largest absolute Gasteiger partial charge is 0.386 e. The van der Waals surface area contributed by atoms with Crippen LogP contribution in [-0.2, 0) is 4.74 Å². The maximum Gasteiger partial charge on any atom is 0.349 e. The van der Waals surface area contributed by atoms with Crippen LogP contribution in [0.25, 0.3) is 0 Å². The Morgan fingerprint density at radius 1 is 1.29 bits per heavy atom. The van der Waals surface area contributed by atoms with Crippen molar-refractivity contribution in [3.8, 4) is 0 Å². The summed E-state index contributed by atoms with van der Waals surface area (Å²) in [4.78, 5) is 22.5. The molecule has 0 aromatic heterocycles. The number of hydrogen-bond acceptors (Lipinski definition) is 4. The van der Waals surface area contributed by atoms with Gasteiger partial charge in [-0.05, 0) is 19.1 Å². The number of carbonyl (C=O) groups is 2. The summed E-state index contributed by atoms with van der Waals surface area (Å²) in [6, 6.07) is 5.06. The Labute approximate surface area is 80.9 Å². The molecule has 14 heavy (non-hydrogen) atoms. The molecule has 0 fully saturated rings. The van der Waals surface area contributed by atoms with Gasteiger partial charge in [0, 0.05) is 12.2 Å². The minimum Gasteiger partial charge on any atom is -0.386 e. The van der Waals surface area contributed by atoms with E-state index < -0.39 is 11.9 Å². The second kappa shape index (κ2) is 3.14. The Balaban J connectivity index is 2.56. The summed E-state index contributed by atoms with van der Waals surface area (Å²) in [5, 5.41) is 3.01. The summed E-state index contributed by atoms with van der Waals surface area (Å²) in [7, 11) is 0. The number of anilines is 1. The van der Waals surface area contributed by atoms with Gasteiger partial charge in [0.1, 0.15) is 0 Å². The van der Waals surface area contributed by atoms with Crippen molar-refractivity contribution >= 4 is 17.6 Å². The smallest absolute Gasteiger partial charge is 0.349 e. The molecule has 0 bridgehead atoms. The van der Waals surface area contributed by atoms with Crippen molar-refractivity contribution < 1.29 is 14.3 Å². The van der Waals surface area contributed by atoms with Gasteiger partial charge in [0.05, 0.1) is 11.1 Å². The van der Waals surface area contributed by atoms with Crippen LogP contribution in [0.3, 0.4) is 0 Å². The van der Waals surface area contributed by atoms with Crippen LogP contribution in [0.1, 0.15) is 27.6 Å². The van der Waals surface area contributed by atoms with Gasteiger partial charge in [0.2, 0.25) is 0 Å². The zero-order valence-corrected chi connectivity index (χ0v) is 7.66. The Morgan fingerprint density at radius 3 is 2.79 bits per heavy atom. The fourth-order valence-electron chi connectivity index (χ4n) is 1.47. The van der Waals surface area contributed by atoms with Gasteiger partial charge >= 0.3 is 11.9 Å². The summed E-state index contributed by atoms with van der Waals surface area (Å²) in [6.45, 7) is 2.61. The number of esters is 2. The van der Waals surface area contributed by atoms with E-state index in [2.05, 4.69) is 10.1 Å². The predicted molar refractivity (Wildman–Crippen MR) is 50.4 cm³/mol. The minimum absolute atomic E-state index is 0.341. The molecular weight excluding hydrogens is 182 g/mol. The molecule has 72 valence electrons. The molecule has 0 saturated heterocycles. The first-order valence-electron chi connectivity index (χ1n) is 4.37. The van der Waals surface area contributed by atoms with Crippen LogP contribution in [0.2, 0.25) is 0 Å². The fourth-order valence-corrected chi connectivity index (χ4v) is 1.47. The highest BCUT2D eigenvalue weighted by atomic mass is 16.6. The van der Waals surface area contributed by atoms with Crippen LogP contribution in [-0.4, -0.2) is 18.5 Å². The highest BCUT2D eigenvalue weighted by Gasteiger charge is 2.31. The zero-order valence-electron chi connectivity index (χ0n) is 7.66. The lowest BCUT2D eigenvalue weighted by atomic mass is 10.1. The average Bonchev–Trinajstić information content (AvgIpc) is 2.44. The van der Waals surface area contributed by atoms with E-state index in [9.17, 15) is 9.59 Å². The van der Waals surface area contributed by atoms with Gasteiger partial charge in [-0.2, -0.15) is 0 Å². The summed E-state index contributed by atoms with van der Waals surface area (Å²) in [5.41, 5.74) is 1.34. The van der Waals surface area contributed by atoms with Crippen molar-refractivity contribution in [1.29, 1.82) is 0 Å². The molecule has 1 aromatic rings. The molecule has 0 amide bonds. The van der Waals surface area contributed by atoms with Gasteiger partial charge in [-0.15, -0.1) is 0 Å². The molecule has 0 atom stereocenters. The number of carbonyl (C=O) groups excluding carboxylic acids is 2. The van der Waals surface area contributed by atoms with E-state index in [1.807, 2.05) is 6.92 Å². The molecular formula is C10H9NO3. The van der Waals surface area contributed by atoms with Crippen LogP contribution < -0.4 is 5.32 Å². The first-order valence-corrected chi connectivity index (χ1v) is 4.37. The maximum atomic E-state index is 11.3. The van der Waals surface area contributed by atoms with Gasteiger partial charge in [0.15, 0.2) is 0 Å². The molecule has 0 radical (unpaired) electrons. The van der Waals surface area contributed by atoms with E-state index in [-0.39, 0.29) is 0 Å². The number of nitrogens with one attached hydrogen (secondary N) is 1. The van der Waals surface area contributed by atoms with E-state index >= 15 is 0 Å². The molecule has 0 unspecified atom stereocenters. The lowest BCUT2D eigenvalue weighted by molar-refractivity contribution is 0.0444. The number of fused-ring (bicyclic) bond motifs is 1. The molecule has 0 saturated carbocycles. The average molecular weight is 191 g/mol. The Bertz CT molecular complexity index is 412. The van der Waals surface area contributed by atoms with E-state index in [0.717, 1.165) is 0 Å². The molecule has 0 spiro atoms. The molecule has 1 aliphatic heterocycles. The summed E-state index contributed by atoms with van der Waals surface area (Å²) < 4.78 is 4.50. The van der Waals surface area contributed by atoms with E-state index in [1.165, 1.54) is 0 Å². The van der Waals surface area contributed by atoms with Gasteiger partial charge in [0.25, 0.3) is 0 Å². The highest BCUT2D eigenvalue weighted by Crippen LogP contribution is 2.26. The SMILES string of the molecule is CCNc1cccc2c1C(=O)OC2=O. The standard InChI is InChI=1S/C10H9NO3/c1-2-11-7-5-3-4-6-8(7)10(13)14-9(6)12/h3-5,11H,2H2,1H3. The molecule has 1 aliphatic rings. The van der Waals surface area contributed by atoms with Gasteiger partial charge < -0.3 is 10.1 Å². The summed E-state index contributed by atoms with van der Waals surface area (Å²) in [5.74, 6) is -1.13. The molecule has 4 nitrogen and oxygen atoms in total. The lowest BCUT2D eigenvalue weighted by Gasteiger charge is -2.04. The summed E-state index contributed by atoms with van der Waals surface area (Å²) in [6.07, 6.45) is 0. The molecule has 0 aliphatic carbocycles. The first-order chi connectivity index (χ1) is 6.74. The predicted octanol–water partition coefficient (Wildman–Crippen LogP) is 1.43. The third kappa shape index (κ3) is 1.16. The monoisotopic (exact) mass is 191 g/mol. The van der Waals surface area contributed by atoms with Crippen molar-refractivity contribution in [2.75, 3.05) is 11.9 Å². The number of ether oxygens (including phenoxy) is 1. The topological polar surface area (TPSA) is 55.4 Å². The van der Waals surface area contributed by atoms with E-state index in [4.69, 9.17) is 0 Å². The third-order valence-corrected chi connectivity index (χ3v) is 2.04. The van der Waals surface area contributed by atoms with Crippen molar-refractivity contribution in [1.82, 2.24) is 0 Å². The van der Waals surface area contributed by atoms with Crippen LogP contribution in [0.15, 0.2) is 18.2 Å². The fraction of sp³-hybridized carbons (Fsp3) is 0.200. The molecule has 1 aromatic carbocycles. The number of hydrogen-bond donors (Lipinski definition) is 1. The molecule has 1 heterocycles. The normalized spacial score (nSPS) is 13.8. The summed E-state index contributed by atoms with van der Waals surface area (Å²) >= 11 is 0. The Kier molecular flexibility index (Phi) is 1.96. The first kappa shape index (κ1) is 8.74. The van der Waals surface area contributed by atoms with E-state index in [0.29, 0.717) is 23.4 Å². The Hall–Kier alpha value is -1.84. The van der Waals surface area contributed by atoms with Crippen LogP contribution >= 0.6 is 0 Å². The quantitative estimate of drug-likeness (QED) is 0.567. The second-order valence-corrected chi connectivity index (χ2v) is 2.94. The van der Waals surface area contributed by atoms with Crippen molar-refractivity contribution in [2.45, 2.75) is 6.92 Å². The number of benzene rings is 1. The Morgan fingerprint density at radius 2 is 2.07 bits per heavy atom. The second-order valence-electron chi connectivity index (χ2n) is 2.94. The van der Waals surface area contributed by atoms with E-state index in [1.54, 1.807) is 18.2 Å².